The molecule has 0 heterocycles. The van der Waals surface area contributed by atoms with Crippen LogP contribution in [0.3, 0.4) is 0 Å². The van der Waals surface area contributed by atoms with E-state index in [4.69, 9.17) is 0 Å². The number of hydrogen-bond acceptors (Lipinski definition) is 1. The summed E-state index contributed by atoms with van der Waals surface area (Å²) in [6.45, 7) is 0. The average Bonchev–Trinajstić information content (AvgIpc) is 2.78. The molecular weight excluding hydrogens is 397 g/mol. The highest BCUT2D eigenvalue weighted by molar-refractivity contribution is 6.12. The van der Waals surface area contributed by atoms with Crippen LogP contribution in [0, 0.1) is 0 Å². The molecule has 0 saturated carbocycles. The molecule has 0 unspecified atom stereocenters. The summed E-state index contributed by atoms with van der Waals surface area (Å²) in [5.74, 6) is 0.128. The molecule has 0 spiro atoms. The van der Waals surface area contributed by atoms with Gasteiger partial charge < -0.3 is 5.11 Å². The van der Waals surface area contributed by atoms with Crippen molar-refractivity contribution in [2.45, 2.75) is 6.18 Å². The molecule has 0 amide bonds. The molecule has 0 atom stereocenters. The first-order chi connectivity index (χ1) is 14.9. The van der Waals surface area contributed by atoms with Gasteiger partial charge in [0, 0.05) is 11.1 Å². The third-order valence-corrected chi connectivity index (χ3v) is 5.61. The van der Waals surface area contributed by atoms with Crippen molar-refractivity contribution in [1.82, 2.24) is 0 Å². The van der Waals surface area contributed by atoms with Gasteiger partial charge in [-0.15, -0.1) is 0 Å². The first kappa shape index (κ1) is 19.2. The van der Waals surface area contributed by atoms with E-state index < -0.39 is 11.7 Å². The molecule has 0 aliphatic heterocycles. The van der Waals surface area contributed by atoms with E-state index in [1.54, 1.807) is 6.07 Å². The third-order valence-electron chi connectivity index (χ3n) is 5.61. The van der Waals surface area contributed by atoms with E-state index in [1.807, 2.05) is 66.7 Å². The standard InChI is InChI=1S/C27H17F3O/c28-27(29,30)20-13-9-19(10-14-20)23-15-11-17-5-1-3-7-21(17)25(23)26-22-8-4-2-6-18(22)12-16-24(26)31/h1-16,31H. The number of rotatable bonds is 2. The van der Waals surface area contributed by atoms with Crippen LogP contribution in [0.2, 0.25) is 0 Å². The summed E-state index contributed by atoms with van der Waals surface area (Å²) in [5.41, 5.74) is 2.20. The molecule has 0 fully saturated rings. The zero-order valence-corrected chi connectivity index (χ0v) is 16.3. The summed E-state index contributed by atoms with van der Waals surface area (Å²) in [4.78, 5) is 0. The summed E-state index contributed by atoms with van der Waals surface area (Å²) in [6, 6.07) is 28.1. The van der Waals surface area contributed by atoms with Gasteiger partial charge >= 0.3 is 6.18 Å². The Labute approximate surface area is 177 Å². The number of alkyl halides is 3. The number of benzene rings is 5. The van der Waals surface area contributed by atoms with Gasteiger partial charge in [0.1, 0.15) is 5.75 Å². The highest BCUT2D eigenvalue weighted by Crippen LogP contribution is 2.45. The van der Waals surface area contributed by atoms with Gasteiger partial charge in [-0.25, -0.2) is 0 Å². The van der Waals surface area contributed by atoms with Crippen LogP contribution >= 0.6 is 0 Å². The molecule has 31 heavy (non-hydrogen) atoms. The maximum absolute atomic E-state index is 13.1. The van der Waals surface area contributed by atoms with Crippen molar-refractivity contribution in [1.29, 1.82) is 0 Å². The quantitative estimate of drug-likeness (QED) is 0.310. The van der Waals surface area contributed by atoms with E-state index in [0.29, 0.717) is 11.1 Å². The lowest BCUT2D eigenvalue weighted by molar-refractivity contribution is -0.137. The topological polar surface area (TPSA) is 20.2 Å². The van der Waals surface area contributed by atoms with Gasteiger partial charge in [-0.2, -0.15) is 13.2 Å². The highest BCUT2D eigenvalue weighted by Gasteiger charge is 2.30. The summed E-state index contributed by atoms with van der Waals surface area (Å²) in [5, 5.41) is 14.7. The highest BCUT2D eigenvalue weighted by atomic mass is 19.4. The molecule has 0 aliphatic rings. The van der Waals surface area contributed by atoms with Crippen LogP contribution in [-0.2, 0) is 6.18 Å². The molecule has 4 heteroatoms. The molecular formula is C27H17F3O. The van der Waals surface area contributed by atoms with Crippen molar-refractivity contribution in [3.63, 3.8) is 0 Å². The van der Waals surface area contributed by atoms with Crippen LogP contribution in [0.1, 0.15) is 5.56 Å². The number of hydrogen-bond donors (Lipinski definition) is 1. The molecule has 1 N–H and O–H groups in total. The predicted molar refractivity (Wildman–Crippen MR) is 119 cm³/mol. The van der Waals surface area contributed by atoms with Crippen LogP contribution < -0.4 is 0 Å². The van der Waals surface area contributed by atoms with Gasteiger partial charge in [-0.05, 0) is 50.9 Å². The number of halogens is 3. The van der Waals surface area contributed by atoms with Gasteiger partial charge in [0.25, 0.3) is 0 Å². The van der Waals surface area contributed by atoms with Crippen LogP contribution in [0.15, 0.2) is 97.1 Å². The fourth-order valence-electron chi connectivity index (χ4n) is 4.14. The van der Waals surface area contributed by atoms with Crippen LogP contribution in [0.4, 0.5) is 13.2 Å². The number of fused-ring (bicyclic) bond motifs is 2. The van der Waals surface area contributed by atoms with E-state index in [1.165, 1.54) is 12.1 Å². The monoisotopic (exact) mass is 414 g/mol. The molecule has 1 nitrogen and oxygen atoms in total. The maximum atomic E-state index is 13.1. The lowest BCUT2D eigenvalue weighted by Crippen LogP contribution is -2.04. The Morgan fingerprint density at radius 1 is 0.548 bits per heavy atom. The molecule has 5 aromatic rings. The van der Waals surface area contributed by atoms with Crippen molar-refractivity contribution >= 4 is 21.5 Å². The second-order valence-corrected chi connectivity index (χ2v) is 7.47. The van der Waals surface area contributed by atoms with E-state index in [-0.39, 0.29) is 5.75 Å². The molecule has 5 rings (SSSR count). The summed E-state index contributed by atoms with van der Waals surface area (Å²) >= 11 is 0. The Balaban J connectivity index is 1.86. The Hall–Kier alpha value is -3.79. The third kappa shape index (κ3) is 3.30. The lowest BCUT2D eigenvalue weighted by Gasteiger charge is -2.18. The van der Waals surface area contributed by atoms with Gasteiger partial charge in [-0.1, -0.05) is 78.9 Å². The Morgan fingerprint density at radius 2 is 1.10 bits per heavy atom. The Kier molecular flexibility index (Phi) is 4.44. The molecule has 0 aromatic heterocycles. The van der Waals surface area contributed by atoms with Gasteiger partial charge in [0.05, 0.1) is 5.56 Å². The first-order valence-corrected chi connectivity index (χ1v) is 9.84. The fourth-order valence-corrected chi connectivity index (χ4v) is 4.14. The maximum Gasteiger partial charge on any atom is 0.416 e. The summed E-state index contributed by atoms with van der Waals surface area (Å²) in [7, 11) is 0. The van der Waals surface area contributed by atoms with Crippen molar-refractivity contribution in [2.24, 2.45) is 0 Å². The van der Waals surface area contributed by atoms with Crippen molar-refractivity contribution in [2.75, 3.05) is 0 Å². The SMILES string of the molecule is Oc1ccc2ccccc2c1-c1c(-c2ccc(C(F)(F)F)cc2)ccc2ccccc12. The molecule has 5 aromatic carbocycles. The molecule has 0 bridgehead atoms. The predicted octanol–water partition coefficient (Wildman–Crippen LogP) is 8.05. The van der Waals surface area contributed by atoms with Crippen molar-refractivity contribution < 1.29 is 18.3 Å². The fraction of sp³-hybridized carbons (Fsp3) is 0.0370. The minimum absolute atomic E-state index is 0.128. The normalized spacial score (nSPS) is 11.8. The zero-order chi connectivity index (χ0) is 21.6. The molecule has 0 aliphatic carbocycles. The van der Waals surface area contributed by atoms with E-state index in [9.17, 15) is 18.3 Å². The number of aromatic hydroxyl groups is 1. The summed E-state index contributed by atoms with van der Waals surface area (Å²) in [6.07, 6.45) is -4.39. The number of phenolic OH excluding ortho intramolecular Hbond substituents is 1. The first-order valence-electron chi connectivity index (χ1n) is 9.84. The van der Waals surface area contributed by atoms with Crippen LogP contribution in [0.5, 0.6) is 5.75 Å². The second kappa shape index (κ2) is 7.17. The van der Waals surface area contributed by atoms with Gasteiger partial charge in [-0.3, -0.25) is 0 Å². The van der Waals surface area contributed by atoms with Gasteiger partial charge in [0.2, 0.25) is 0 Å². The van der Waals surface area contributed by atoms with E-state index in [0.717, 1.165) is 44.8 Å². The molecule has 0 radical (unpaired) electrons. The Morgan fingerprint density at radius 3 is 1.71 bits per heavy atom. The molecule has 152 valence electrons. The summed E-state index contributed by atoms with van der Waals surface area (Å²) < 4.78 is 39.2. The second-order valence-electron chi connectivity index (χ2n) is 7.47. The average molecular weight is 414 g/mol. The van der Waals surface area contributed by atoms with Crippen molar-refractivity contribution in [3.8, 4) is 28.0 Å². The Bertz CT molecular complexity index is 1420. The minimum atomic E-state index is -4.39. The van der Waals surface area contributed by atoms with E-state index in [2.05, 4.69) is 0 Å². The zero-order valence-electron chi connectivity index (χ0n) is 16.3. The van der Waals surface area contributed by atoms with Gasteiger partial charge in [0.15, 0.2) is 0 Å². The van der Waals surface area contributed by atoms with Crippen LogP contribution in [-0.4, -0.2) is 5.11 Å². The van der Waals surface area contributed by atoms with E-state index >= 15 is 0 Å². The molecule has 0 saturated heterocycles. The number of phenols is 1. The van der Waals surface area contributed by atoms with Crippen molar-refractivity contribution in [3.05, 3.63) is 103 Å². The lowest BCUT2D eigenvalue weighted by atomic mass is 9.87. The largest absolute Gasteiger partial charge is 0.507 e. The van der Waals surface area contributed by atoms with Crippen LogP contribution in [0.25, 0.3) is 43.8 Å². The minimum Gasteiger partial charge on any atom is -0.507 e. The smallest absolute Gasteiger partial charge is 0.416 e.